The third-order valence-corrected chi connectivity index (χ3v) is 7.12. The van der Waals surface area contributed by atoms with Gasteiger partial charge in [0.25, 0.3) is 0 Å². The van der Waals surface area contributed by atoms with Gasteiger partial charge < -0.3 is 19.9 Å². The predicted octanol–water partition coefficient (Wildman–Crippen LogP) is 5.03. The summed E-state index contributed by atoms with van der Waals surface area (Å²) in [5, 5.41) is 12.1. The van der Waals surface area contributed by atoms with Crippen LogP contribution in [-0.2, 0) is 6.42 Å². The summed E-state index contributed by atoms with van der Waals surface area (Å²) < 4.78 is 29.6. The molecule has 3 aromatic rings. The number of hydrogen-bond donors (Lipinski definition) is 1. The topological polar surface area (TPSA) is 94.4 Å². The Morgan fingerprint density at radius 1 is 1.18 bits per heavy atom. The van der Waals surface area contributed by atoms with E-state index in [2.05, 4.69) is 37.1 Å². The number of allylic oxidation sites excluding steroid dienone is 1. The van der Waals surface area contributed by atoms with Crippen molar-refractivity contribution in [1.82, 2.24) is 20.2 Å². The Kier molecular flexibility index (Phi) is 7.41. The molecular formula is C29H28F2N6O2. The highest BCUT2D eigenvalue weighted by Crippen LogP contribution is 2.35. The maximum Gasteiger partial charge on any atom is 0.387 e. The van der Waals surface area contributed by atoms with Crippen molar-refractivity contribution in [3.05, 3.63) is 82.8 Å². The molecule has 1 saturated heterocycles. The summed E-state index contributed by atoms with van der Waals surface area (Å²) in [6.45, 7) is 2.60. The van der Waals surface area contributed by atoms with Crippen LogP contribution >= 0.6 is 0 Å². The molecule has 0 spiro atoms. The van der Waals surface area contributed by atoms with Crippen molar-refractivity contribution in [3.63, 3.8) is 0 Å². The molecule has 1 fully saturated rings. The number of ether oxygens (including phenoxy) is 1. The molecule has 10 heteroatoms. The molecular weight excluding hydrogens is 502 g/mol. The molecule has 0 bridgehead atoms. The minimum absolute atomic E-state index is 0.0550. The first-order valence-electron chi connectivity index (χ1n) is 12.7. The fraction of sp³-hybridized carbons (Fsp3) is 0.310. The molecule has 0 radical (unpaired) electrons. The quantitative estimate of drug-likeness (QED) is 0.481. The molecule has 5 rings (SSSR count). The largest absolute Gasteiger partial charge is 0.435 e. The molecule has 0 saturated carbocycles. The van der Waals surface area contributed by atoms with Gasteiger partial charge in [0.2, 0.25) is 0 Å². The van der Waals surface area contributed by atoms with E-state index in [1.165, 1.54) is 12.1 Å². The minimum atomic E-state index is -2.91. The molecule has 8 nitrogen and oxygen atoms in total. The molecule has 1 aliphatic carbocycles. The number of nitrogens with one attached hydrogen (secondary N) is 1. The zero-order valence-corrected chi connectivity index (χ0v) is 21.6. The zero-order chi connectivity index (χ0) is 27.5. The lowest BCUT2D eigenvalue weighted by atomic mass is 10.0. The Balaban J connectivity index is 1.25. The van der Waals surface area contributed by atoms with Gasteiger partial charge >= 0.3 is 12.6 Å². The second-order valence-electron chi connectivity index (χ2n) is 9.70. The van der Waals surface area contributed by atoms with Crippen LogP contribution in [0.2, 0.25) is 0 Å². The number of amides is 2. The van der Waals surface area contributed by atoms with Gasteiger partial charge in [-0.3, -0.25) is 0 Å². The van der Waals surface area contributed by atoms with Crippen molar-refractivity contribution in [2.75, 3.05) is 24.5 Å². The smallest absolute Gasteiger partial charge is 0.387 e. The number of aromatic nitrogens is 2. The van der Waals surface area contributed by atoms with Gasteiger partial charge in [-0.25, -0.2) is 14.8 Å². The summed E-state index contributed by atoms with van der Waals surface area (Å²) in [4.78, 5) is 26.2. The van der Waals surface area contributed by atoms with Crippen LogP contribution in [0.4, 0.5) is 19.4 Å². The average Bonchev–Trinajstić information content (AvgIpc) is 3.37. The first kappa shape index (κ1) is 26.1. The molecule has 39 heavy (non-hydrogen) atoms. The third-order valence-electron chi connectivity index (χ3n) is 7.12. The second kappa shape index (κ2) is 11.1. The zero-order valence-electron chi connectivity index (χ0n) is 21.6. The number of rotatable bonds is 6. The van der Waals surface area contributed by atoms with Gasteiger partial charge in [0, 0.05) is 37.7 Å². The van der Waals surface area contributed by atoms with Crippen molar-refractivity contribution < 1.29 is 18.3 Å². The molecule has 1 aromatic heterocycles. The maximum atomic E-state index is 13.1. The van der Waals surface area contributed by atoms with Crippen molar-refractivity contribution in [2.45, 2.75) is 39.0 Å². The molecule has 2 amide bonds. The van der Waals surface area contributed by atoms with E-state index < -0.39 is 6.61 Å². The predicted molar refractivity (Wildman–Crippen MR) is 143 cm³/mol. The molecule has 1 aliphatic heterocycles. The standard InChI is InChI=1S/C29H28F2N6O2/c1-18-16-36(10-11-37(18)29(38)35-19(2)22-4-3-5-24(12-22)39-28(30)31)27-25-13-23(14-26(25)33-17-34-27)21-8-6-20(15-32)7-9-21/h3-9,12-13,17-19,28H,10-11,14,16H2,1-2H3,(H,35,38)/t18-,19+/m1/s1. The number of alkyl halides is 2. The Morgan fingerprint density at radius 2 is 1.97 bits per heavy atom. The van der Waals surface area contributed by atoms with Crippen LogP contribution in [0.3, 0.4) is 0 Å². The van der Waals surface area contributed by atoms with E-state index in [1.54, 1.807) is 23.4 Å². The van der Waals surface area contributed by atoms with Crippen LogP contribution in [0, 0.1) is 11.3 Å². The van der Waals surface area contributed by atoms with E-state index in [4.69, 9.17) is 5.26 Å². The molecule has 2 atom stereocenters. The molecule has 0 unspecified atom stereocenters. The molecule has 2 heterocycles. The van der Waals surface area contributed by atoms with Crippen molar-refractivity contribution in [2.24, 2.45) is 0 Å². The number of piperazine rings is 1. The number of nitriles is 1. The number of urea groups is 1. The van der Waals surface area contributed by atoms with Gasteiger partial charge in [0.1, 0.15) is 17.9 Å². The Morgan fingerprint density at radius 3 is 2.69 bits per heavy atom. The van der Waals surface area contributed by atoms with Gasteiger partial charge in [0.15, 0.2) is 0 Å². The number of halogens is 2. The number of fused-ring (bicyclic) bond motifs is 1. The normalized spacial score (nSPS) is 17.3. The highest BCUT2D eigenvalue weighted by atomic mass is 19.3. The monoisotopic (exact) mass is 530 g/mol. The van der Waals surface area contributed by atoms with Crippen molar-refractivity contribution in [3.8, 4) is 11.8 Å². The first-order valence-corrected chi connectivity index (χ1v) is 12.7. The summed E-state index contributed by atoms with van der Waals surface area (Å²) >= 11 is 0. The van der Waals surface area contributed by atoms with E-state index in [9.17, 15) is 13.6 Å². The average molecular weight is 531 g/mol. The first-order chi connectivity index (χ1) is 18.8. The fourth-order valence-corrected chi connectivity index (χ4v) is 5.08. The van der Waals surface area contributed by atoms with Gasteiger partial charge in [-0.15, -0.1) is 0 Å². The van der Waals surface area contributed by atoms with Gasteiger partial charge in [-0.05, 0) is 60.9 Å². The van der Waals surface area contributed by atoms with E-state index in [0.29, 0.717) is 37.2 Å². The van der Waals surface area contributed by atoms with E-state index in [-0.39, 0.29) is 23.9 Å². The second-order valence-corrected chi connectivity index (χ2v) is 9.70. The van der Waals surface area contributed by atoms with E-state index in [1.807, 2.05) is 38.1 Å². The van der Waals surface area contributed by atoms with Gasteiger partial charge in [-0.1, -0.05) is 24.3 Å². The maximum absolute atomic E-state index is 13.1. The van der Waals surface area contributed by atoms with Crippen LogP contribution in [0.1, 0.15) is 47.8 Å². The highest BCUT2D eigenvalue weighted by Gasteiger charge is 2.31. The summed E-state index contributed by atoms with van der Waals surface area (Å²) in [7, 11) is 0. The van der Waals surface area contributed by atoms with Crippen LogP contribution in [0.15, 0.2) is 54.9 Å². The molecule has 2 aliphatic rings. The highest BCUT2D eigenvalue weighted by molar-refractivity contribution is 5.91. The lowest BCUT2D eigenvalue weighted by Crippen LogP contribution is -2.57. The van der Waals surface area contributed by atoms with Crippen LogP contribution < -0.4 is 15.0 Å². The third kappa shape index (κ3) is 5.67. The van der Waals surface area contributed by atoms with Crippen LogP contribution in [-0.4, -0.2) is 53.2 Å². The summed E-state index contributed by atoms with van der Waals surface area (Å²) in [6, 6.07) is 15.3. The minimum Gasteiger partial charge on any atom is -0.435 e. The van der Waals surface area contributed by atoms with E-state index in [0.717, 1.165) is 28.2 Å². The Hall–Kier alpha value is -4.52. The van der Waals surface area contributed by atoms with Crippen molar-refractivity contribution >= 4 is 23.5 Å². The van der Waals surface area contributed by atoms with Gasteiger partial charge in [-0.2, -0.15) is 14.0 Å². The molecule has 1 N–H and O–H groups in total. The SMILES string of the molecule is C[C@H](NC(=O)N1CCN(c2ncnc3c2C=C(c2ccc(C#N)cc2)C3)C[C@H]1C)c1cccc(OC(F)F)c1. The number of carbonyl (C=O) groups is 1. The molecule has 2 aromatic carbocycles. The van der Waals surface area contributed by atoms with Gasteiger partial charge in [0.05, 0.1) is 23.4 Å². The van der Waals surface area contributed by atoms with Crippen LogP contribution in [0.5, 0.6) is 5.75 Å². The number of carbonyl (C=O) groups excluding carboxylic acids is 1. The summed E-state index contributed by atoms with van der Waals surface area (Å²) in [5.74, 6) is 0.902. The lowest BCUT2D eigenvalue weighted by molar-refractivity contribution is -0.0499. The summed E-state index contributed by atoms with van der Waals surface area (Å²) in [6.07, 6.45) is 4.39. The van der Waals surface area contributed by atoms with Crippen LogP contribution in [0.25, 0.3) is 11.6 Å². The molecule has 200 valence electrons. The Labute approximate surface area is 225 Å². The number of nitrogens with zero attached hydrogens (tertiary/aromatic N) is 5. The summed E-state index contributed by atoms with van der Waals surface area (Å²) in [5.41, 5.74) is 5.41. The fourth-order valence-electron chi connectivity index (χ4n) is 5.08. The number of benzene rings is 2. The van der Waals surface area contributed by atoms with E-state index >= 15 is 0 Å². The van der Waals surface area contributed by atoms with Crippen molar-refractivity contribution in [1.29, 1.82) is 5.26 Å². The Bertz CT molecular complexity index is 1440. The number of anilines is 1. The lowest BCUT2D eigenvalue weighted by Gasteiger charge is -2.41. The number of hydrogen-bond acceptors (Lipinski definition) is 6.